The Bertz CT molecular complexity index is 1000. The first-order valence-electron chi connectivity index (χ1n) is 14.3. The van der Waals surface area contributed by atoms with Crippen LogP contribution in [0.5, 0.6) is 0 Å². The van der Waals surface area contributed by atoms with Crippen LogP contribution in [-0.4, -0.2) is 75.6 Å². The predicted molar refractivity (Wildman–Crippen MR) is 145 cm³/mol. The van der Waals surface area contributed by atoms with Gasteiger partial charge in [-0.15, -0.1) is 6.58 Å². The van der Waals surface area contributed by atoms with Crippen LogP contribution >= 0.6 is 0 Å². The molecule has 0 aromatic heterocycles. The van der Waals surface area contributed by atoms with Gasteiger partial charge >= 0.3 is 5.97 Å². The van der Waals surface area contributed by atoms with Gasteiger partial charge in [-0.2, -0.15) is 0 Å². The number of Topliss-reactive ketones (excluding diaryl/α,β-unsaturated/α-hetero) is 1. The van der Waals surface area contributed by atoms with Crippen molar-refractivity contribution in [2.24, 2.45) is 16.7 Å². The van der Waals surface area contributed by atoms with Crippen molar-refractivity contribution in [3.8, 4) is 0 Å². The zero-order valence-corrected chi connectivity index (χ0v) is 25.0. The van der Waals surface area contributed by atoms with Crippen molar-refractivity contribution in [2.45, 2.75) is 134 Å². The molecular weight excluding hydrogens is 502 g/mol. The number of hydrogen-bond acceptors (Lipinski definition) is 9. The van der Waals surface area contributed by atoms with E-state index in [2.05, 4.69) is 25.7 Å². The van der Waals surface area contributed by atoms with Crippen LogP contribution in [0.25, 0.3) is 0 Å². The minimum Gasteiger partial charge on any atom is -0.431 e. The summed E-state index contributed by atoms with van der Waals surface area (Å²) >= 11 is 0. The van der Waals surface area contributed by atoms with Gasteiger partial charge in [0.25, 0.3) is 0 Å². The molecule has 1 unspecified atom stereocenters. The molecule has 4 rings (SSSR count). The van der Waals surface area contributed by atoms with E-state index < -0.39 is 63.5 Å². The van der Waals surface area contributed by atoms with Crippen LogP contribution in [-0.2, 0) is 28.5 Å². The summed E-state index contributed by atoms with van der Waals surface area (Å²) in [5, 5.41) is 27.7. The highest BCUT2D eigenvalue weighted by molar-refractivity contribution is 5.92. The quantitative estimate of drug-likeness (QED) is 0.259. The van der Waals surface area contributed by atoms with Gasteiger partial charge in [0.05, 0.1) is 23.7 Å². The Morgan fingerprint density at radius 2 is 1.87 bits per heavy atom. The fourth-order valence-corrected chi connectivity index (χ4v) is 7.82. The number of carbonyl (C=O) groups excluding carboxylic acids is 2. The van der Waals surface area contributed by atoms with E-state index in [1.54, 1.807) is 20.8 Å². The number of rotatable bonds is 6. The first kappa shape index (κ1) is 30.6. The summed E-state index contributed by atoms with van der Waals surface area (Å²) in [5.41, 5.74) is -7.30. The number of ether oxygens (including phenoxy) is 4. The van der Waals surface area contributed by atoms with E-state index in [1.807, 2.05) is 20.8 Å². The monoisotopic (exact) mass is 551 g/mol. The third kappa shape index (κ3) is 4.61. The van der Waals surface area contributed by atoms with Gasteiger partial charge in [0, 0.05) is 31.4 Å². The smallest absolute Gasteiger partial charge is 0.322 e. The summed E-state index contributed by atoms with van der Waals surface area (Å²) in [6, 6.07) is 0. The Hall–Kier alpha value is -1.36. The van der Waals surface area contributed by atoms with E-state index >= 15 is 0 Å². The molecule has 39 heavy (non-hydrogen) atoms. The second-order valence-corrected chi connectivity index (χ2v) is 14.4. The third-order valence-corrected chi connectivity index (χ3v) is 10.1. The standard InChI is InChI=1S/C30H49NO8/c1-10-26(7)17-21(33)30(35)27(8)19(16-20(32)28(30,9)39-26)25(5,6)13-14-29(27,38-23-12-11-15-36-23)37-22(34)18-31-24(2,3)4/h10,19-20,23,31-32,35H,1,11-18H2,2-9H3/t19-,20-,23?,26-,27+,28+,29+,30-/m0/s1. The first-order valence-corrected chi connectivity index (χ1v) is 14.3. The molecule has 0 aromatic carbocycles. The van der Waals surface area contributed by atoms with Crippen molar-refractivity contribution in [2.75, 3.05) is 13.2 Å². The molecular formula is C30H49NO8. The second kappa shape index (κ2) is 9.60. The van der Waals surface area contributed by atoms with E-state index in [0.717, 1.165) is 6.42 Å². The number of hydrogen-bond donors (Lipinski definition) is 3. The Morgan fingerprint density at radius 3 is 2.44 bits per heavy atom. The number of carbonyl (C=O) groups is 2. The second-order valence-electron chi connectivity index (χ2n) is 14.4. The lowest BCUT2D eigenvalue weighted by atomic mass is 9.39. The molecule has 2 aliphatic carbocycles. The maximum absolute atomic E-state index is 14.3. The van der Waals surface area contributed by atoms with Crippen molar-refractivity contribution in [3.63, 3.8) is 0 Å². The van der Waals surface area contributed by atoms with Crippen LogP contribution in [0.4, 0.5) is 0 Å². The summed E-state index contributed by atoms with van der Waals surface area (Å²) in [5.74, 6) is -3.22. The summed E-state index contributed by atoms with van der Waals surface area (Å²) in [6.45, 7) is 19.3. The molecule has 4 aliphatic rings. The average molecular weight is 552 g/mol. The van der Waals surface area contributed by atoms with Crippen molar-refractivity contribution < 1.29 is 38.7 Å². The number of ketones is 1. The van der Waals surface area contributed by atoms with Crippen LogP contribution < -0.4 is 5.32 Å². The zero-order valence-electron chi connectivity index (χ0n) is 25.0. The highest BCUT2D eigenvalue weighted by atomic mass is 16.8. The number of fused-ring (bicyclic) bond motifs is 3. The van der Waals surface area contributed by atoms with Crippen LogP contribution in [0.15, 0.2) is 12.7 Å². The van der Waals surface area contributed by atoms with Gasteiger partial charge in [0.15, 0.2) is 17.7 Å². The summed E-state index contributed by atoms with van der Waals surface area (Å²) in [7, 11) is 0. The molecule has 0 bridgehead atoms. The lowest BCUT2D eigenvalue weighted by Gasteiger charge is -2.72. The molecule has 3 N–H and O–H groups in total. The molecule has 2 heterocycles. The van der Waals surface area contributed by atoms with Gasteiger partial charge in [0.2, 0.25) is 5.79 Å². The molecule has 0 amide bonds. The Labute approximate surface area is 233 Å². The Kier molecular flexibility index (Phi) is 7.53. The molecule has 8 atom stereocenters. The van der Waals surface area contributed by atoms with Crippen molar-refractivity contribution in [1.29, 1.82) is 0 Å². The Morgan fingerprint density at radius 1 is 1.21 bits per heavy atom. The molecule has 4 fully saturated rings. The van der Waals surface area contributed by atoms with Gasteiger partial charge in [-0.05, 0) is 72.1 Å². The number of aliphatic hydroxyl groups is 2. The summed E-state index contributed by atoms with van der Waals surface area (Å²) in [6.07, 6.45) is 1.99. The summed E-state index contributed by atoms with van der Waals surface area (Å²) < 4.78 is 25.3. The molecule has 222 valence electrons. The van der Waals surface area contributed by atoms with E-state index in [4.69, 9.17) is 18.9 Å². The fourth-order valence-electron chi connectivity index (χ4n) is 7.82. The first-order chi connectivity index (χ1) is 17.8. The van der Waals surface area contributed by atoms with Crippen LogP contribution in [0.2, 0.25) is 0 Å². The third-order valence-electron chi connectivity index (χ3n) is 10.1. The van der Waals surface area contributed by atoms with Crippen LogP contribution in [0.3, 0.4) is 0 Å². The van der Waals surface area contributed by atoms with E-state index in [0.29, 0.717) is 19.4 Å². The normalized spacial score (nSPS) is 45.8. The minimum absolute atomic E-state index is 0.0818. The number of esters is 1. The number of aliphatic hydroxyl groups excluding tert-OH is 1. The minimum atomic E-state index is -2.25. The molecule has 0 radical (unpaired) electrons. The maximum atomic E-state index is 14.3. The van der Waals surface area contributed by atoms with Gasteiger partial charge < -0.3 is 34.5 Å². The summed E-state index contributed by atoms with van der Waals surface area (Å²) in [4.78, 5) is 27.8. The zero-order chi connectivity index (χ0) is 29.3. The highest BCUT2D eigenvalue weighted by Gasteiger charge is 2.83. The molecule has 9 heteroatoms. The maximum Gasteiger partial charge on any atom is 0.322 e. The Balaban J connectivity index is 1.91. The number of nitrogens with one attached hydrogen (secondary N) is 1. The van der Waals surface area contributed by atoms with Gasteiger partial charge in [0.1, 0.15) is 5.60 Å². The molecule has 2 saturated heterocycles. The average Bonchev–Trinajstić information content (AvgIpc) is 3.33. The van der Waals surface area contributed by atoms with E-state index in [-0.39, 0.29) is 31.3 Å². The molecule has 0 aromatic rings. The van der Waals surface area contributed by atoms with Crippen LogP contribution in [0, 0.1) is 16.7 Å². The lowest BCUT2D eigenvalue weighted by molar-refractivity contribution is -0.427. The highest BCUT2D eigenvalue weighted by Crippen LogP contribution is 2.70. The van der Waals surface area contributed by atoms with E-state index in [1.165, 1.54) is 6.08 Å². The van der Waals surface area contributed by atoms with E-state index in [9.17, 15) is 19.8 Å². The van der Waals surface area contributed by atoms with Gasteiger partial charge in [-0.25, -0.2) is 0 Å². The van der Waals surface area contributed by atoms with Crippen LogP contribution in [0.1, 0.15) is 93.9 Å². The van der Waals surface area contributed by atoms with Crippen molar-refractivity contribution in [1.82, 2.24) is 5.32 Å². The predicted octanol–water partition coefficient (Wildman–Crippen LogP) is 3.40. The molecule has 0 spiro atoms. The van der Waals surface area contributed by atoms with Gasteiger partial charge in [-0.1, -0.05) is 19.9 Å². The van der Waals surface area contributed by atoms with Crippen molar-refractivity contribution in [3.05, 3.63) is 12.7 Å². The largest absolute Gasteiger partial charge is 0.431 e. The van der Waals surface area contributed by atoms with Crippen molar-refractivity contribution >= 4 is 11.8 Å². The lowest BCUT2D eigenvalue weighted by Crippen LogP contribution is -2.86. The molecule has 9 nitrogen and oxygen atoms in total. The van der Waals surface area contributed by atoms with Gasteiger partial charge in [-0.3, -0.25) is 9.59 Å². The fraction of sp³-hybridized carbons (Fsp3) is 0.867. The SMILES string of the molecule is C=C[C@@]1(C)CC(=O)[C@]2(O)[C@]3(C)[C@@H](C[C@H](O)[C@@]2(C)O1)C(C)(C)CC[C@@]3(OC(=O)CNC(C)(C)C)OC1CCCO1. The molecule has 2 saturated carbocycles. The topological polar surface area (TPSA) is 124 Å². The molecule has 2 aliphatic heterocycles.